The molecule has 1 aromatic rings. The minimum absolute atomic E-state index is 0.213. The zero-order valence-electron chi connectivity index (χ0n) is 11.1. The van der Waals surface area contributed by atoms with Crippen molar-refractivity contribution in [2.45, 2.75) is 56.9 Å². The Balaban J connectivity index is 1.91. The fourth-order valence-electron chi connectivity index (χ4n) is 2.54. The first kappa shape index (κ1) is 13.9. The number of nitrogens with zero attached hydrogens (tertiary/aromatic N) is 2. The van der Waals surface area contributed by atoms with Gasteiger partial charge in [0.1, 0.15) is 0 Å². The van der Waals surface area contributed by atoms with E-state index in [4.69, 9.17) is 5.84 Å². The van der Waals surface area contributed by atoms with E-state index in [-0.39, 0.29) is 6.04 Å². The SMILES string of the molecule is CCCn1nccc1C(CSC1CCCC1)NN. The van der Waals surface area contributed by atoms with Crippen molar-refractivity contribution in [2.24, 2.45) is 5.84 Å². The molecule has 18 heavy (non-hydrogen) atoms. The molecule has 5 heteroatoms. The van der Waals surface area contributed by atoms with Crippen LogP contribution in [0.4, 0.5) is 0 Å². The molecule has 1 unspecified atom stereocenters. The molecule has 1 aliphatic carbocycles. The molecule has 0 spiro atoms. The molecular formula is C13H24N4S. The van der Waals surface area contributed by atoms with Gasteiger partial charge in [-0.25, -0.2) is 0 Å². The van der Waals surface area contributed by atoms with Crippen LogP contribution in [0.2, 0.25) is 0 Å². The minimum Gasteiger partial charge on any atom is -0.271 e. The lowest BCUT2D eigenvalue weighted by Crippen LogP contribution is -2.32. The van der Waals surface area contributed by atoms with Gasteiger partial charge in [-0.15, -0.1) is 0 Å². The van der Waals surface area contributed by atoms with Crippen LogP contribution in [0, 0.1) is 0 Å². The topological polar surface area (TPSA) is 55.9 Å². The van der Waals surface area contributed by atoms with E-state index in [0.717, 1.165) is 24.0 Å². The molecule has 2 rings (SSSR count). The fourth-order valence-corrected chi connectivity index (χ4v) is 3.94. The van der Waals surface area contributed by atoms with Crippen molar-refractivity contribution in [3.8, 4) is 0 Å². The van der Waals surface area contributed by atoms with Crippen LogP contribution in [0.25, 0.3) is 0 Å². The minimum atomic E-state index is 0.213. The third kappa shape index (κ3) is 3.49. The smallest absolute Gasteiger partial charge is 0.0719 e. The molecule has 4 nitrogen and oxygen atoms in total. The molecule has 0 aliphatic heterocycles. The number of aromatic nitrogens is 2. The van der Waals surface area contributed by atoms with E-state index in [1.54, 1.807) is 0 Å². The normalized spacial score (nSPS) is 18.3. The molecular weight excluding hydrogens is 244 g/mol. The lowest BCUT2D eigenvalue weighted by atomic mass is 10.2. The highest BCUT2D eigenvalue weighted by atomic mass is 32.2. The third-order valence-electron chi connectivity index (χ3n) is 3.54. The molecule has 1 aliphatic rings. The van der Waals surface area contributed by atoms with Crippen molar-refractivity contribution in [1.29, 1.82) is 0 Å². The Kier molecular flexibility index (Phi) is 5.53. The number of rotatable bonds is 7. The van der Waals surface area contributed by atoms with Gasteiger partial charge >= 0.3 is 0 Å². The molecule has 1 heterocycles. The second-order valence-electron chi connectivity index (χ2n) is 4.94. The summed E-state index contributed by atoms with van der Waals surface area (Å²) in [7, 11) is 0. The summed E-state index contributed by atoms with van der Waals surface area (Å²) in [5.74, 6) is 6.75. The zero-order chi connectivity index (χ0) is 12.8. The predicted molar refractivity (Wildman–Crippen MR) is 77.3 cm³/mol. The van der Waals surface area contributed by atoms with E-state index in [1.165, 1.54) is 31.4 Å². The molecule has 0 saturated heterocycles. The Labute approximate surface area is 114 Å². The van der Waals surface area contributed by atoms with Crippen LogP contribution in [-0.2, 0) is 6.54 Å². The van der Waals surface area contributed by atoms with Gasteiger partial charge in [-0.1, -0.05) is 19.8 Å². The van der Waals surface area contributed by atoms with E-state index < -0.39 is 0 Å². The molecule has 0 bridgehead atoms. The maximum atomic E-state index is 5.71. The van der Waals surface area contributed by atoms with E-state index >= 15 is 0 Å². The third-order valence-corrected chi connectivity index (χ3v) is 5.01. The molecule has 1 saturated carbocycles. The van der Waals surface area contributed by atoms with Gasteiger partial charge < -0.3 is 0 Å². The number of nitrogens with one attached hydrogen (secondary N) is 1. The van der Waals surface area contributed by atoms with Crippen LogP contribution in [0.15, 0.2) is 12.3 Å². The number of hydrogen-bond acceptors (Lipinski definition) is 4. The van der Waals surface area contributed by atoms with Crippen LogP contribution in [0.1, 0.15) is 50.8 Å². The van der Waals surface area contributed by atoms with Gasteiger partial charge in [-0.2, -0.15) is 16.9 Å². The van der Waals surface area contributed by atoms with Crippen molar-refractivity contribution >= 4 is 11.8 Å². The summed E-state index contributed by atoms with van der Waals surface area (Å²) >= 11 is 2.06. The van der Waals surface area contributed by atoms with Crippen molar-refractivity contribution in [3.05, 3.63) is 18.0 Å². The molecule has 0 radical (unpaired) electrons. The van der Waals surface area contributed by atoms with E-state index in [0.29, 0.717) is 0 Å². The monoisotopic (exact) mass is 268 g/mol. The van der Waals surface area contributed by atoms with Gasteiger partial charge in [0.2, 0.25) is 0 Å². The van der Waals surface area contributed by atoms with Gasteiger partial charge in [0.25, 0.3) is 0 Å². The first-order valence-corrected chi connectivity index (χ1v) is 7.99. The van der Waals surface area contributed by atoms with Gasteiger partial charge in [0.05, 0.1) is 11.7 Å². The van der Waals surface area contributed by atoms with Crippen molar-refractivity contribution in [1.82, 2.24) is 15.2 Å². The summed E-state index contributed by atoms with van der Waals surface area (Å²) in [6.07, 6.45) is 8.50. The number of hydrazine groups is 1. The summed E-state index contributed by atoms with van der Waals surface area (Å²) in [5.41, 5.74) is 4.16. The van der Waals surface area contributed by atoms with Gasteiger partial charge in [-0.3, -0.25) is 16.0 Å². The van der Waals surface area contributed by atoms with Crippen molar-refractivity contribution in [3.63, 3.8) is 0 Å². The summed E-state index contributed by atoms with van der Waals surface area (Å²) < 4.78 is 2.07. The molecule has 1 aromatic heterocycles. The highest BCUT2D eigenvalue weighted by Crippen LogP contribution is 2.31. The summed E-state index contributed by atoms with van der Waals surface area (Å²) in [6, 6.07) is 2.29. The summed E-state index contributed by atoms with van der Waals surface area (Å²) in [5, 5.41) is 5.20. The van der Waals surface area contributed by atoms with Crippen LogP contribution in [-0.4, -0.2) is 20.8 Å². The summed E-state index contributed by atoms with van der Waals surface area (Å²) in [4.78, 5) is 0. The molecule has 1 atom stereocenters. The van der Waals surface area contributed by atoms with E-state index in [2.05, 4.69) is 40.0 Å². The zero-order valence-corrected chi connectivity index (χ0v) is 12.0. The lowest BCUT2D eigenvalue weighted by molar-refractivity contribution is 0.508. The number of thioether (sulfide) groups is 1. The second-order valence-corrected chi connectivity index (χ2v) is 6.27. The van der Waals surface area contributed by atoms with Crippen LogP contribution in [0.3, 0.4) is 0 Å². The van der Waals surface area contributed by atoms with E-state index in [9.17, 15) is 0 Å². The van der Waals surface area contributed by atoms with E-state index in [1.807, 2.05) is 6.20 Å². The average molecular weight is 268 g/mol. The Morgan fingerprint density at radius 2 is 2.33 bits per heavy atom. The van der Waals surface area contributed by atoms with Crippen LogP contribution < -0.4 is 11.3 Å². The maximum absolute atomic E-state index is 5.71. The number of hydrogen-bond donors (Lipinski definition) is 2. The summed E-state index contributed by atoms with van der Waals surface area (Å²) in [6.45, 7) is 3.14. The average Bonchev–Trinajstić information content (AvgIpc) is 3.02. The van der Waals surface area contributed by atoms with Gasteiger partial charge in [0.15, 0.2) is 0 Å². The first-order valence-electron chi connectivity index (χ1n) is 6.94. The van der Waals surface area contributed by atoms with Gasteiger partial charge in [-0.05, 0) is 25.3 Å². The molecule has 0 aromatic carbocycles. The maximum Gasteiger partial charge on any atom is 0.0719 e. The highest BCUT2D eigenvalue weighted by molar-refractivity contribution is 7.99. The fraction of sp³-hybridized carbons (Fsp3) is 0.769. The van der Waals surface area contributed by atoms with Crippen molar-refractivity contribution in [2.75, 3.05) is 5.75 Å². The Morgan fingerprint density at radius 1 is 1.56 bits per heavy atom. The molecule has 3 N–H and O–H groups in total. The second kappa shape index (κ2) is 7.16. The standard InChI is InChI=1S/C13H24N4S/c1-2-9-17-13(7-8-15-17)12(16-14)10-18-11-5-3-4-6-11/h7-8,11-12,16H,2-6,9-10,14H2,1H3. The molecule has 102 valence electrons. The predicted octanol–water partition coefficient (Wildman–Crippen LogP) is 2.47. The Hall–Kier alpha value is -0.520. The van der Waals surface area contributed by atoms with Crippen molar-refractivity contribution < 1.29 is 0 Å². The Morgan fingerprint density at radius 3 is 3.00 bits per heavy atom. The van der Waals surface area contributed by atoms with Crippen LogP contribution in [0.5, 0.6) is 0 Å². The first-order chi connectivity index (χ1) is 8.85. The molecule has 0 amide bonds. The number of nitrogens with two attached hydrogens (primary N) is 1. The molecule has 1 fully saturated rings. The number of aryl methyl sites for hydroxylation is 1. The Bertz CT molecular complexity index is 347. The largest absolute Gasteiger partial charge is 0.271 e. The van der Waals surface area contributed by atoms with Crippen LogP contribution >= 0.6 is 11.8 Å². The highest BCUT2D eigenvalue weighted by Gasteiger charge is 2.20. The quantitative estimate of drug-likeness (QED) is 0.589. The lowest BCUT2D eigenvalue weighted by Gasteiger charge is -2.19. The van der Waals surface area contributed by atoms with Gasteiger partial charge in [0, 0.05) is 23.7 Å².